The summed E-state index contributed by atoms with van der Waals surface area (Å²) in [5, 5.41) is 3.05. The second-order valence-corrected chi connectivity index (χ2v) is 6.42. The number of ether oxygens (including phenoxy) is 1. The van der Waals surface area contributed by atoms with Gasteiger partial charge in [0, 0.05) is 18.1 Å². The molecule has 0 fully saturated rings. The number of nitrogens with zero attached hydrogens (tertiary/aromatic N) is 2. The lowest BCUT2D eigenvalue weighted by Gasteiger charge is -2.14. The highest BCUT2D eigenvalue weighted by Crippen LogP contribution is 2.35. The van der Waals surface area contributed by atoms with Crippen LogP contribution in [-0.4, -0.2) is 22.6 Å². The van der Waals surface area contributed by atoms with E-state index < -0.39 is 0 Å². The molecule has 3 aromatic rings. The van der Waals surface area contributed by atoms with Crippen molar-refractivity contribution in [3.05, 3.63) is 77.9 Å². The van der Waals surface area contributed by atoms with E-state index in [1.807, 2.05) is 53.2 Å². The maximum atomic E-state index is 12.8. The van der Waals surface area contributed by atoms with Gasteiger partial charge in [0.15, 0.2) is 0 Å². The molecule has 0 aliphatic heterocycles. The van der Waals surface area contributed by atoms with Gasteiger partial charge in [0.2, 0.25) is 5.91 Å². The minimum absolute atomic E-state index is 0.0413. The molecule has 0 bridgehead atoms. The van der Waals surface area contributed by atoms with Crippen molar-refractivity contribution in [2.45, 2.75) is 25.3 Å². The van der Waals surface area contributed by atoms with Gasteiger partial charge < -0.3 is 14.6 Å². The molecule has 5 nitrogen and oxygen atoms in total. The van der Waals surface area contributed by atoms with Gasteiger partial charge >= 0.3 is 0 Å². The number of methoxy groups -OCH3 is 1. The average Bonchev–Trinajstić information content (AvgIpc) is 3.33. The zero-order valence-electron chi connectivity index (χ0n) is 14.7. The zero-order chi connectivity index (χ0) is 17.9. The van der Waals surface area contributed by atoms with Crippen molar-refractivity contribution in [3.8, 4) is 11.4 Å². The molecule has 5 heteroatoms. The number of benzene rings is 2. The summed E-state index contributed by atoms with van der Waals surface area (Å²) in [6.07, 6.45) is 5.42. The van der Waals surface area contributed by atoms with E-state index in [0.717, 1.165) is 35.7 Å². The van der Waals surface area contributed by atoms with E-state index >= 15 is 0 Å². The molecule has 132 valence electrons. The van der Waals surface area contributed by atoms with E-state index in [2.05, 4.69) is 16.4 Å². The second-order valence-electron chi connectivity index (χ2n) is 6.42. The van der Waals surface area contributed by atoms with Gasteiger partial charge in [-0.15, -0.1) is 0 Å². The number of aromatic nitrogens is 2. The van der Waals surface area contributed by atoms with Gasteiger partial charge in [0.25, 0.3) is 0 Å². The average molecular weight is 347 g/mol. The number of rotatable bonds is 5. The summed E-state index contributed by atoms with van der Waals surface area (Å²) in [4.78, 5) is 17.2. The Labute approximate surface area is 152 Å². The molecule has 0 saturated heterocycles. The zero-order valence-corrected chi connectivity index (χ0v) is 14.7. The van der Waals surface area contributed by atoms with E-state index in [-0.39, 0.29) is 11.8 Å². The van der Waals surface area contributed by atoms with Gasteiger partial charge in [0.05, 0.1) is 19.6 Å². The van der Waals surface area contributed by atoms with E-state index in [0.29, 0.717) is 6.54 Å². The van der Waals surface area contributed by atoms with Crippen LogP contribution < -0.4 is 10.1 Å². The van der Waals surface area contributed by atoms with Crippen LogP contribution in [0.4, 0.5) is 0 Å². The number of carbonyl (C=O) groups excluding carboxylic acids is 1. The fraction of sp³-hybridized carbons (Fsp3) is 0.238. The normalized spacial score (nSPS) is 15.5. The third-order valence-corrected chi connectivity index (χ3v) is 4.92. The Kier molecular flexibility index (Phi) is 4.44. The first-order valence-corrected chi connectivity index (χ1v) is 8.78. The first-order valence-electron chi connectivity index (χ1n) is 8.78. The Bertz CT molecular complexity index is 918. The Hall–Kier alpha value is -3.08. The first kappa shape index (κ1) is 16.4. The molecule has 2 aromatic carbocycles. The molecule has 0 unspecified atom stereocenters. The lowest BCUT2D eigenvalue weighted by molar-refractivity contribution is -0.122. The Balaban J connectivity index is 1.48. The number of imidazole rings is 1. The van der Waals surface area contributed by atoms with Crippen LogP contribution in [0.2, 0.25) is 0 Å². The fourth-order valence-electron chi connectivity index (χ4n) is 3.56. The number of fused-ring (bicyclic) bond motifs is 1. The van der Waals surface area contributed by atoms with E-state index in [4.69, 9.17) is 4.74 Å². The second kappa shape index (κ2) is 7.04. The molecule has 0 spiro atoms. The largest absolute Gasteiger partial charge is 0.497 e. The molecule has 1 aliphatic rings. The van der Waals surface area contributed by atoms with Crippen molar-refractivity contribution in [2.75, 3.05) is 7.11 Å². The lowest BCUT2D eigenvalue weighted by Crippen LogP contribution is -2.29. The van der Waals surface area contributed by atoms with E-state index in [9.17, 15) is 4.79 Å². The molecule has 0 saturated carbocycles. The maximum absolute atomic E-state index is 12.8. The molecule has 1 heterocycles. The third kappa shape index (κ3) is 3.08. The van der Waals surface area contributed by atoms with Crippen LogP contribution in [0.15, 0.2) is 60.9 Å². The summed E-state index contributed by atoms with van der Waals surface area (Å²) >= 11 is 0. The van der Waals surface area contributed by atoms with E-state index in [1.165, 1.54) is 5.56 Å². The topological polar surface area (TPSA) is 56.1 Å². The van der Waals surface area contributed by atoms with Crippen LogP contribution in [0, 0.1) is 0 Å². The summed E-state index contributed by atoms with van der Waals surface area (Å²) < 4.78 is 7.30. The predicted octanol–water partition coefficient (Wildman–Crippen LogP) is 3.23. The summed E-state index contributed by atoms with van der Waals surface area (Å²) in [5.74, 6) is 1.52. The molecule has 1 atom stereocenters. The standard InChI is InChI=1S/C21H21N3O2/c1-26-17-9-7-15-8-10-18(19(15)13-17)21(25)23-14-20-22-11-12-24(20)16-5-3-2-4-6-16/h2-7,9,11-13,18H,8,10,14H2,1H3,(H,23,25)/t18-/m0/s1. The fourth-order valence-corrected chi connectivity index (χ4v) is 3.56. The number of hydrogen-bond acceptors (Lipinski definition) is 3. The van der Waals surface area contributed by atoms with Crippen molar-refractivity contribution < 1.29 is 9.53 Å². The number of amides is 1. The summed E-state index contributed by atoms with van der Waals surface area (Å²) in [6.45, 7) is 0.399. The Morgan fingerprint density at radius 1 is 1.27 bits per heavy atom. The number of carbonyl (C=O) groups is 1. The Morgan fingerprint density at radius 2 is 2.12 bits per heavy atom. The van der Waals surface area contributed by atoms with Crippen molar-refractivity contribution >= 4 is 5.91 Å². The van der Waals surface area contributed by atoms with E-state index in [1.54, 1.807) is 13.3 Å². The maximum Gasteiger partial charge on any atom is 0.227 e. The smallest absolute Gasteiger partial charge is 0.227 e. The molecule has 26 heavy (non-hydrogen) atoms. The highest BCUT2D eigenvalue weighted by Gasteiger charge is 2.29. The first-order chi connectivity index (χ1) is 12.8. The van der Waals surface area contributed by atoms with Crippen LogP contribution in [0.3, 0.4) is 0 Å². The SMILES string of the molecule is COc1ccc2c(c1)[C@@H](C(=O)NCc1nccn1-c1ccccc1)CC2. The van der Waals surface area contributed by atoms with Gasteiger partial charge in [-0.25, -0.2) is 4.98 Å². The minimum atomic E-state index is -0.125. The van der Waals surface area contributed by atoms with Crippen molar-refractivity contribution in [3.63, 3.8) is 0 Å². The van der Waals surface area contributed by atoms with Crippen LogP contribution in [0.5, 0.6) is 5.75 Å². The Morgan fingerprint density at radius 3 is 2.92 bits per heavy atom. The minimum Gasteiger partial charge on any atom is -0.497 e. The van der Waals surface area contributed by atoms with Gasteiger partial charge in [-0.1, -0.05) is 24.3 Å². The van der Waals surface area contributed by atoms with Crippen LogP contribution in [0.25, 0.3) is 5.69 Å². The highest BCUT2D eigenvalue weighted by atomic mass is 16.5. The van der Waals surface area contributed by atoms with Crippen LogP contribution >= 0.6 is 0 Å². The van der Waals surface area contributed by atoms with Gasteiger partial charge in [0.1, 0.15) is 11.6 Å². The molecular weight excluding hydrogens is 326 g/mol. The summed E-state index contributed by atoms with van der Waals surface area (Å²) in [6, 6.07) is 16.0. The number of hydrogen-bond donors (Lipinski definition) is 1. The van der Waals surface area contributed by atoms with Crippen LogP contribution in [-0.2, 0) is 17.8 Å². The molecule has 0 radical (unpaired) electrons. The number of aryl methyl sites for hydroxylation is 1. The lowest BCUT2D eigenvalue weighted by atomic mass is 10.0. The molecule has 1 amide bonds. The monoisotopic (exact) mass is 347 g/mol. The number of para-hydroxylation sites is 1. The third-order valence-electron chi connectivity index (χ3n) is 4.92. The molecular formula is C21H21N3O2. The van der Waals surface area contributed by atoms with Crippen molar-refractivity contribution in [1.82, 2.24) is 14.9 Å². The van der Waals surface area contributed by atoms with Crippen molar-refractivity contribution in [2.24, 2.45) is 0 Å². The van der Waals surface area contributed by atoms with Gasteiger partial charge in [-0.2, -0.15) is 0 Å². The molecule has 1 aromatic heterocycles. The summed E-state index contributed by atoms with van der Waals surface area (Å²) in [5.41, 5.74) is 3.34. The predicted molar refractivity (Wildman–Crippen MR) is 99.5 cm³/mol. The molecule has 1 N–H and O–H groups in total. The van der Waals surface area contributed by atoms with Gasteiger partial charge in [-0.3, -0.25) is 4.79 Å². The highest BCUT2D eigenvalue weighted by molar-refractivity contribution is 5.85. The molecule has 1 aliphatic carbocycles. The van der Waals surface area contributed by atoms with Crippen molar-refractivity contribution in [1.29, 1.82) is 0 Å². The van der Waals surface area contributed by atoms with Crippen LogP contribution in [0.1, 0.15) is 29.3 Å². The molecule has 4 rings (SSSR count). The van der Waals surface area contributed by atoms with Gasteiger partial charge in [-0.05, 0) is 48.2 Å². The summed E-state index contributed by atoms with van der Waals surface area (Å²) in [7, 11) is 1.65. The quantitative estimate of drug-likeness (QED) is 0.771. The number of nitrogens with one attached hydrogen (secondary N) is 1.